The van der Waals surface area contributed by atoms with Gasteiger partial charge in [0.2, 0.25) is 0 Å². The molecule has 4 N–H and O–H groups in total. The van der Waals surface area contributed by atoms with E-state index in [1.54, 1.807) is 7.11 Å². The lowest BCUT2D eigenvalue weighted by molar-refractivity contribution is 0.415. The summed E-state index contributed by atoms with van der Waals surface area (Å²) in [5.74, 6) is 0.804. The molecule has 4 nitrogen and oxygen atoms in total. The van der Waals surface area contributed by atoms with Crippen molar-refractivity contribution in [3.05, 3.63) is 72.8 Å². The fourth-order valence-corrected chi connectivity index (χ4v) is 2.44. The maximum absolute atomic E-state index is 5.81. The lowest BCUT2D eigenvalue weighted by atomic mass is 10.1. The zero-order valence-corrected chi connectivity index (χ0v) is 12.9. The summed E-state index contributed by atoms with van der Waals surface area (Å²) in [6.07, 6.45) is 0. The zero-order chi connectivity index (χ0) is 16.2. The second kappa shape index (κ2) is 6.32. The molecule has 3 aromatic carbocycles. The minimum atomic E-state index is 0.733. The van der Waals surface area contributed by atoms with Crippen molar-refractivity contribution < 1.29 is 4.74 Å². The average molecular weight is 305 g/mol. The third-order valence-corrected chi connectivity index (χ3v) is 3.61. The molecule has 0 atom stereocenters. The molecule has 0 saturated heterocycles. The summed E-state index contributed by atoms with van der Waals surface area (Å²) < 4.78 is 5.35. The van der Waals surface area contributed by atoms with E-state index in [1.165, 1.54) is 0 Å². The molecule has 0 aliphatic heterocycles. The van der Waals surface area contributed by atoms with Crippen LogP contribution in [0.15, 0.2) is 72.8 Å². The number of anilines is 5. The van der Waals surface area contributed by atoms with Gasteiger partial charge in [0.05, 0.1) is 7.11 Å². The van der Waals surface area contributed by atoms with Crippen LogP contribution in [0.25, 0.3) is 0 Å². The molecule has 0 aliphatic rings. The summed E-state index contributed by atoms with van der Waals surface area (Å²) in [7, 11) is 1.66. The molecule has 3 rings (SSSR count). The van der Waals surface area contributed by atoms with Crippen molar-refractivity contribution in [3.63, 3.8) is 0 Å². The van der Waals surface area contributed by atoms with E-state index in [9.17, 15) is 0 Å². The van der Waals surface area contributed by atoms with Gasteiger partial charge in [0, 0.05) is 34.5 Å². The lowest BCUT2D eigenvalue weighted by Gasteiger charge is -2.26. The number of hydrogen-bond acceptors (Lipinski definition) is 4. The Morgan fingerprint density at radius 3 is 1.70 bits per heavy atom. The van der Waals surface area contributed by atoms with Gasteiger partial charge in [0.25, 0.3) is 0 Å². The molecule has 0 aliphatic carbocycles. The Kier molecular flexibility index (Phi) is 4.06. The van der Waals surface area contributed by atoms with Crippen molar-refractivity contribution in [1.82, 2.24) is 0 Å². The Hall–Kier alpha value is -3.14. The smallest absolute Gasteiger partial charge is 0.120 e. The summed E-state index contributed by atoms with van der Waals surface area (Å²) in [6, 6.07) is 23.4. The predicted molar refractivity (Wildman–Crippen MR) is 96.5 cm³/mol. The Balaban J connectivity index is 2.12. The average Bonchev–Trinajstić information content (AvgIpc) is 2.59. The van der Waals surface area contributed by atoms with E-state index in [2.05, 4.69) is 4.90 Å². The van der Waals surface area contributed by atoms with Crippen molar-refractivity contribution in [2.75, 3.05) is 23.5 Å². The standard InChI is InChI=1S/C19H19N3O/c1-23-19-4-2-3-18(13-19)22(16-9-5-14(20)6-10-16)17-11-7-15(21)8-12-17/h2-13H,20-21H2,1H3. The minimum Gasteiger partial charge on any atom is -0.497 e. The highest BCUT2D eigenvalue weighted by Crippen LogP contribution is 2.36. The van der Waals surface area contributed by atoms with Crippen LogP contribution < -0.4 is 21.1 Å². The van der Waals surface area contributed by atoms with Crippen LogP contribution in [-0.2, 0) is 0 Å². The van der Waals surface area contributed by atoms with Gasteiger partial charge in [0.1, 0.15) is 5.75 Å². The van der Waals surface area contributed by atoms with Crippen LogP contribution in [0.3, 0.4) is 0 Å². The number of rotatable bonds is 4. The van der Waals surface area contributed by atoms with Crippen molar-refractivity contribution in [2.45, 2.75) is 0 Å². The van der Waals surface area contributed by atoms with E-state index < -0.39 is 0 Å². The molecule has 23 heavy (non-hydrogen) atoms. The number of nitrogens with two attached hydrogens (primary N) is 2. The molecule has 116 valence electrons. The van der Waals surface area contributed by atoms with Crippen molar-refractivity contribution in [3.8, 4) is 5.75 Å². The number of nitrogen functional groups attached to an aromatic ring is 2. The van der Waals surface area contributed by atoms with Gasteiger partial charge in [-0.1, -0.05) is 6.07 Å². The largest absolute Gasteiger partial charge is 0.497 e. The van der Waals surface area contributed by atoms with Crippen molar-refractivity contribution in [2.24, 2.45) is 0 Å². The van der Waals surface area contributed by atoms with E-state index in [-0.39, 0.29) is 0 Å². The Morgan fingerprint density at radius 1 is 0.696 bits per heavy atom. The Bertz CT molecular complexity index is 737. The summed E-state index contributed by atoms with van der Waals surface area (Å²) in [5.41, 5.74) is 16.1. The first-order chi connectivity index (χ1) is 11.2. The number of methoxy groups -OCH3 is 1. The Morgan fingerprint density at radius 2 is 1.22 bits per heavy atom. The van der Waals surface area contributed by atoms with Gasteiger partial charge in [-0.2, -0.15) is 0 Å². The first-order valence-corrected chi connectivity index (χ1v) is 7.32. The maximum atomic E-state index is 5.81. The van der Waals surface area contributed by atoms with Crippen LogP contribution in [0.1, 0.15) is 0 Å². The minimum absolute atomic E-state index is 0.733. The highest BCUT2D eigenvalue weighted by atomic mass is 16.5. The Labute approximate surface area is 135 Å². The van der Waals surface area contributed by atoms with Crippen LogP contribution in [-0.4, -0.2) is 7.11 Å². The molecule has 0 spiro atoms. The van der Waals surface area contributed by atoms with Gasteiger partial charge >= 0.3 is 0 Å². The SMILES string of the molecule is COc1cccc(N(c2ccc(N)cc2)c2ccc(N)cc2)c1. The summed E-state index contributed by atoms with van der Waals surface area (Å²) >= 11 is 0. The van der Waals surface area contributed by atoms with E-state index in [0.29, 0.717) is 0 Å². The van der Waals surface area contributed by atoms with Gasteiger partial charge in [-0.15, -0.1) is 0 Å². The predicted octanol–water partition coefficient (Wildman–Crippen LogP) is 4.33. The lowest BCUT2D eigenvalue weighted by Crippen LogP contribution is -2.10. The summed E-state index contributed by atoms with van der Waals surface area (Å²) in [4.78, 5) is 2.13. The van der Waals surface area contributed by atoms with Crippen LogP contribution in [0, 0.1) is 0 Å². The van der Waals surface area contributed by atoms with E-state index in [1.807, 2.05) is 72.8 Å². The second-order valence-electron chi connectivity index (χ2n) is 5.22. The van der Waals surface area contributed by atoms with E-state index in [4.69, 9.17) is 16.2 Å². The zero-order valence-electron chi connectivity index (χ0n) is 12.9. The summed E-state index contributed by atoms with van der Waals surface area (Å²) in [6.45, 7) is 0. The maximum Gasteiger partial charge on any atom is 0.120 e. The number of ether oxygens (including phenoxy) is 1. The van der Waals surface area contributed by atoms with Crippen molar-refractivity contribution >= 4 is 28.4 Å². The van der Waals surface area contributed by atoms with Crippen molar-refractivity contribution in [1.29, 1.82) is 0 Å². The third kappa shape index (κ3) is 3.21. The normalized spacial score (nSPS) is 10.3. The van der Waals surface area contributed by atoms with Crippen LogP contribution in [0.4, 0.5) is 28.4 Å². The monoisotopic (exact) mass is 305 g/mol. The van der Waals surface area contributed by atoms with Gasteiger partial charge in [0.15, 0.2) is 0 Å². The van der Waals surface area contributed by atoms with Crippen LogP contribution >= 0.6 is 0 Å². The summed E-state index contributed by atoms with van der Waals surface area (Å²) in [5, 5.41) is 0. The molecular formula is C19H19N3O. The molecule has 0 fully saturated rings. The quantitative estimate of drug-likeness (QED) is 0.704. The molecule has 0 unspecified atom stereocenters. The second-order valence-corrected chi connectivity index (χ2v) is 5.22. The molecule has 3 aromatic rings. The highest BCUT2D eigenvalue weighted by Gasteiger charge is 2.12. The number of hydrogen-bond donors (Lipinski definition) is 2. The van der Waals surface area contributed by atoms with Crippen LogP contribution in [0.5, 0.6) is 5.75 Å². The van der Waals surface area contributed by atoms with Gasteiger partial charge in [-0.05, 0) is 60.7 Å². The molecule has 0 saturated carbocycles. The molecule has 4 heteroatoms. The fourth-order valence-electron chi connectivity index (χ4n) is 2.44. The molecular weight excluding hydrogens is 286 g/mol. The van der Waals surface area contributed by atoms with E-state index in [0.717, 1.165) is 34.2 Å². The van der Waals surface area contributed by atoms with Gasteiger partial charge in [-0.25, -0.2) is 0 Å². The third-order valence-electron chi connectivity index (χ3n) is 3.61. The molecule has 0 bridgehead atoms. The molecule has 0 radical (unpaired) electrons. The van der Waals surface area contributed by atoms with Crippen LogP contribution in [0.2, 0.25) is 0 Å². The van der Waals surface area contributed by atoms with Gasteiger partial charge < -0.3 is 21.1 Å². The first-order valence-electron chi connectivity index (χ1n) is 7.32. The number of nitrogens with zero attached hydrogens (tertiary/aromatic N) is 1. The number of benzene rings is 3. The van der Waals surface area contributed by atoms with E-state index >= 15 is 0 Å². The first kappa shape index (κ1) is 14.8. The fraction of sp³-hybridized carbons (Fsp3) is 0.0526. The molecule has 0 aromatic heterocycles. The topological polar surface area (TPSA) is 64.5 Å². The molecule has 0 amide bonds. The molecule has 0 heterocycles. The van der Waals surface area contributed by atoms with Gasteiger partial charge in [-0.3, -0.25) is 0 Å². The highest BCUT2D eigenvalue weighted by molar-refractivity contribution is 5.78.